The van der Waals surface area contributed by atoms with E-state index >= 15 is 0 Å². The molecular weight excluding hydrogens is 241 g/mol. The minimum atomic E-state index is -4.27. The third-order valence-electron chi connectivity index (χ3n) is 1.70. The van der Waals surface area contributed by atoms with Crippen LogP contribution >= 0.6 is 0 Å². The molecule has 0 aromatic carbocycles. The van der Waals surface area contributed by atoms with Crippen LogP contribution in [0.15, 0.2) is 10.9 Å². The Labute approximate surface area is 92.4 Å². The molecule has 2 aromatic heterocycles. The number of rotatable bonds is 4. The molecule has 0 aliphatic heterocycles. The zero-order valence-electron chi connectivity index (χ0n) is 8.32. The van der Waals surface area contributed by atoms with Crippen molar-refractivity contribution in [2.24, 2.45) is 0 Å². The van der Waals surface area contributed by atoms with Crippen molar-refractivity contribution in [3.8, 4) is 11.6 Å². The van der Waals surface area contributed by atoms with Crippen LogP contribution in [0.4, 0.5) is 13.2 Å². The van der Waals surface area contributed by atoms with Crippen molar-refractivity contribution in [3.05, 3.63) is 12.2 Å². The molecule has 0 bridgehead atoms. The van der Waals surface area contributed by atoms with Crippen molar-refractivity contribution in [2.45, 2.75) is 12.7 Å². The monoisotopic (exact) mass is 248 g/mol. The number of hydrogen-bond donors (Lipinski definition) is 2. The number of H-pyrrole nitrogens is 1. The standard InChI is InChI=1S/C7H7F3N6O/c8-7(9,10)2-11-1-4-14-6(16-17-4)5-12-3-13-15-5/h3,11H,1-2H2,(H,12,13,15). The van der Waals surface area contributed by atoms with E-state index in [0.29, 0.717) is 0 Å². The lowest BCUT2D eigenvalue weighted by Gasteiger charge is -2.05. The fourth-order valence-electron chi connectivity index (χ4n) is 1.05. The van der Waals surface area contributed by atoms with Gasteiger partial charge in [-0.05, 0) is 0 Å². The number of hydrogen-bond acceptors (Lipinski definition) is 6. The van der Waals surface area contributed by atoms with Gasteiger partial charge in [-0.25, -0.2) is 4.98 Å². The first-order valence-corrected chi connectivity index (χ1v) is 4.50. The highest BCUT2D eigenvalue weighted by Crippen LogP contribution is 2.13. The maximum Gasteiger partial charge on any atom is 0.401 e. The third kappa shape index (κ3) is 3.24. The van der Waals surface area contributed by atoms with E-state index in [4.69, 9.17) is 4.52 Å². The van der Waals surface area contributed by atoms with Gasteiger partial charge in [-0.3, -0.25) is 5.10 Å². The van der Waals surface area contributed by atoms with Crippen LogP contribution in [0.2, 0.25) is 0 Å². The molecule has 0 saturated heterocycles. The summed E-state index contributed by atoms with van der Waals surface area (Å²) in [5, 5.41) is 11.7. The lowest BCUT2D eigenvalue weighted by atomic mass is 10.5. The predicted molar refractivity (Wildman–Crippen MR) is 47.4 cm³/mol. The van der Waals surface area contributed by atoms with E-state index in [2.05, 4.69) is 30.6 Å². The zero-order valence-corrected chi connectivity index (χ0v) is 8.32. The Morgan fingerprint density at radius 1 is 1.41 bits per heavy atom. The second-order valence-electron chi connectivity index (χ2n) is 3.06. The van der Waals surface area contributed by atoms with Crippen LogP contribution in [0.1, 0.15) is 5.89 Å². The highest BCUT2D eigenvalue weighted by atomic mass is 19.4. The van der Waals surface area contributed by atoms with Crippen molar-refractivity contribution < 1.29 is 17.7 Å². The van der Waals surface area contributed by atoms with E-state index in [-0.39, 0.29) is 24.1 Å². The average Bonchev–Trinajstić information content (AvgIpc) is 2.83. The fourth-order valence-corrected chi connectivity index (χ4v) is 1.05. The number of aromatic amines is 1. The lowest BCUT2D eigenvalue weighted by Crippen LogP contribution is -2.28. The minimum absolute atomic E-state index is 0.0423. The van der Waals surface area contributed by atoms with Gasteiger partial charge in [0, 0.05) is 0 Å². The summed E-state index contributed by atoms with van der Waals surface area (Å²) in [6.45, 7) is -1.28. The summed E-state index contributed by atoms with van der Waals surface area (Å²) in [7, 11) is 0. The number of halogens is 3. The van der Waals surface area contributed by atoms with Gasteiger partial charge in [0.05, 0.1) is 13.1 Å². The molecule has 0 amide bonds. The van der Waals surface area contributed by atoms with E-state index in [1.54, 1.807) is 0 Å². The Hall–Kier alpha value is -1.97. The van der Waals surface area contributed by atoms with Crippen molar-refractivity contribution in [2.75, 3.05) is 6.54 Å². The summed E-state index contributed by atoms with van der Waals surface area (Å²) in [6.07, 6.45) is -3.01. The van der Waals surface area contributed by atoms with Crippen LogP contribution in [0, 0.1) is 0 Å². The smallest absolute Gasteiger partial charge is 0.337 e. The highest BCUT2D eigenvalue weighted by molar-refractivity contribution is 5.39. The fraction of sp³-hybridized carbons (Fsp3) is 0.429. The molecule has 0 aliphatic rings. The third-order valence-corrected chi connectivity index (χ3v) is 1.70. The molecule has 92 valence electrons. The molecular formula is C7H7F3N6O. The molecule has 0 spiro atoms. The second kappa shape index (κ2) is 4.49. The predicted octanol–water partition coefficient (Wildman–Crippen LogP) is 0.507. The van der Waals surface area contributed by atoms with E-state index in [0.717, 1.165) is 0 Å². The van der Waals surface area contributed by atoms with Crippen molar-refractivity contribution in [3.63, 3.8) is 0 Å². The molecule has 0 atom stereocenters. The SMILES string of the molecule is FC(F)(F)CNCc1nc(-c2ncn[nH]2)no1. The summed E-state index contributed by atoms with van der Waals surface area (Å²) in [5.74, 6) is 0.475. The van der Waals surface area contributed by atoms with Crippen molar-refractivity contribution >= 4 is 0 Å². The van der Waals surface area contributed by atoms with Crippen LogP contribution in [0.5, 0.6) is 0 Å². The molecule has 7 nitrogen and oxygen atoms in total. The molecule has 0 fully saturated rings. The Balaban J connectivity index is 1.91. The minimum Gasteiger partial charge on any atom is -0.337 e. The van der Waals surface area contributed by atoms with Gasteiger partial charge in [0.1, 0.15) is 6.33 Å². The Bertz CT molecular complexity index is 464. The summed E-state index contributed by atoms with van der Waals surface area (Å²) in [6, 6.07) is 0. The first-order valence-electron chi connectivity index (χ1n) is 4.50. The topological polar surface area (TPSA) is 92.5 Å². The van der Waals surface area contributed by atoms with Gasteiger partial charge in [0.25, 0.3) is 0 Å². The summed E-state index contributed by atoms with van der Waals surface area (Å²) in [4.78, 5) is 7.60. The van der Waals surface area contributed by atoms with Gasteiger partial charge in [0.15, 0.2) is 5.82 Å². The number of aromatic nitrogens is 5. The first kappa shape index (κ1) is 11.5. The van der Waals surface area contributed by atoms with Crippen LogP contribution < -0.4 is 5.32 Å². The van der Waals surface area contributed by atoms with E-state index in [1.165, 1.54) is 6.33 Å². The van der Waals surface area contributed by atoms with Crippen LogP contribution in [-0.4, -0.2) is 38.0 Å². The maximum atomic E-state index is 11.8. The molecule has 2 N–H and O–H groups in total. The Kier molecular flexibility index (Phi) is 3.04. The van der Waals surface area contributed by atoms with E-state index in [1.807, 2.05) is 0 Å². The molecule has 10 heteroatoms. The zero-order chi connectivity index (χ0) is 12.3. The van der Waals surface area contributed by atoms with Gasteiger partial charge in [-0.15, -0.1) is 0 Å². The van der Waals surface area contributed by atoms with E-state index < -0.39 is 12.7 Å². The molecule has 2 heterocycles. The molecule has 0 saturated carbocycles. The number of nitrogens with zero attached hydrogens (tertiary/aromatic N) is 4. The second-order valence-corrected chi connectivity index (χ2v) is 3.06. The summed E-state index contributed by atoms with van der Waals surface area (Å²) < 4.78 is 40.2. The molecule has 17 heavy (non-hydrogen) atoms. The van der Waals surface area contributed by atoms with Gasteiger partial charge in [0.2, 0.25) is 11.7 Å². The largest absolute Gasteiger partial charge is 0.401 e. The van der Waals surface area contributed by atoms with Crippen molar-refractivity contribution in [1.82, 2.24) is 30.6 Å². The average molecular weight is 248 g/mol. The molecule has 2 aromatic rings. The Morgan fingerprint density at radius 3 is 2.88 bits per heavy atom. The van der Waals surface area contributed by atoms with Gasteiger partial charge >= 0.3 is 6.18 Å². The summed E-state index contributed by atoms with van der Waals surface area (Å²) in [5.41, 5.74) is 0. The summed E-state index contributed by atoms with van der Waals surface area (Å²) >= 11 is 0. The van der Waals surface area contributed by atoms with Crippen LogP contribution in [0.25, 0.3) is 11.6 Å². The molecule has 0 unspecified atom stereocenters. The maximum absolute atomic E-state index is 11.8. The molecule has 0 aliphatic carbocycles. The first-order chi connectivity index (χ1) is 8.04. The van der Waals surface area contributed by atoms with Crippen molar-refractivity contribution in [1.29, 1.82) is 0 Å². The molecule has 2 rings (SSSR count). The Morgan fingerprint density at radius 2 is 2.24 bits per heavy atom. The van der Waals surface area contributed by atoms with Crippen LogP contribution in [-0.2, 0) is 6.54 Å². The number of nitrogens with one attached hydrogen (secondary N) is 2. The lowest BCUT2D eigenvalue weighted by molar-refractivity contribution is -0.125. The highest BCUT2D eigenvalue weighted by Gasteiger charge is 2.26. The normalized spacial score (nSPS) is 11.9. The molecule has 0 radical (unpaired) electrons. The van der Waals surface area contributed by atoms with Gasteiger partial charge in [-0.2, -0.15) is 23.3 Å². The van der Waals surface area contributed by atoms with Gasteiger partial charge in [-0.1, -0.05) is 5.16 Å². The van der Waals surface area contributed by atoms with E-state index in [9.17, 15) is 13.2 Å². The quantitative estimate of drug-likeness (QED) is 0.818. The van der Waals surface area contributed by atoms with Crippen LogP contribution in [0.3, 0.4) is 0 Å². The number of alkyl halides is 3. The van der Waals surface area contributed by atoms with Gasteiger partial charge < -0.3 is 9.84 Å².